The van der Waals surface area contributed by atoms with Gasteiger partial charge in [-0.3, -0.25) is 4.79 Å². The molecule has 0 fully saturated rings. The average Bonchev–Trinajstić information content (AvgIpc) is 3.16. The number of benzene rings is 3. The van der Waals surface area contributed by atoms with Crippen molar-refractivity contribution in [1.82, 2.24) is 4.98 Å². The van der Waals surface area contributed by atoms with E-state index in [-0.39, 0.29) is 22.9 Å². The van der Waals surface area contributed by atoms with Gasteiger partial charge in [-0.05, 0) is 60.4 Å². The van der Waals surface area contributed by atoms with E-state index in [0.717, 1.165) is 22.9 Å². The van der Waals surface area contributed by atoms with Gasteiger partial charge in [-0.15, -0.1) is 0 Å². The van der Waals surface area contributed by atoms with E-state index >= 15 is 0 Å². The maximum Gasteiger partial charge on any atom is 0.202 e. The predicted octanol–water partition coefficient (Wildman–Crippen LogP) is 4.82. The standard InChI is InChI=1S/C25H22FNO4S/c1-16-4-3-5-23-25(16)27-24(31-23)15-22(28)21(14-17-6-10-19(26)11-7-17)18-8-12-20(13-9-18)32(2,29)30/h3-13,21H,14-15H2,1-2H3. The molecule has 0 bridgehead atoms. The second-order valence-corrected chi connectivity index (χ2v) is 9.91. The summed E-state index contributed by atoms with van der Waals surface area (Å²) in [6.45, 7) is 1.93. The smallest absolute Gasteiger partial charge is 0.202 e. The van der Waals surface area contributed by atoms with Gasteiger partial charge >= 0.3 is 0 Å². The molecule has 1 aromatic heterocycles. The molecular weight excluding hydrogens is 429 g/mol. The summed E-state index contributed by atoms with van der Waals surface area (Å²) in [5.41, 5.74) is 3.79. The first-order chi connectivity index (χ1) is 15.2. The Hall–Kier alpha value is -3.32. The molecule has 0 spiro atoms. The van der Waals surface area contributed by atoms with Crippen molar-refractivity contribution in [3.05, 3.63) is 95.1 Å². The van der Waals surface area contributed by atoms with Gasteiger partial charge in [-0.1, -0.05) is 36.4 Å². The Morgan fingerprint density at radius 1 is 1.03 bits per heavy atom. The number of oxazole rings is 1. The molecule has 1 atom stereocenters. The van der Waals surface area contributed by atoms with Gasteiger partial charge in [0, 0.05) is 12.2 Å². The minimum atomic E-state index is -3.35. The maximum atomic E-state index is 13.3. The summed E-state index contributed by atoms with van der Waals surface area (Å²) in [5.74, 6) is -0.706. The maximum absolute atomic E-state index is 13.3. The van der Waals surface area contributed by atoms with Gasteiger partial charge in [0.2, 0.25) is 5.89 Å². The number of hydrogen-bond acceptors (Lipinski definition) is 5. The zero-order valence-electron chi connectivity index (χ0n) is 17.7. The molecule has 4 rings (SSSR count). The van der Waals surface area contributed by atoms with E-state index in [9.17, 15) is 17.6 Å². The third kappa shape index (κ3) is 4.78. The van der Waals surface area contributed by atoms with Crippen LogP contribution in [0.5, 0.6) is 0 Å². The van der Waals surface area contributed by atoms with Crippen LogP contribution in [0.4, 0.5) is 4.39 Å². The largest absolute Gasteiger partial charge is 0.440 e. The van der Waals surface area contributed by atoms with Crippen LogP contribution in [-0.4, -0.2) is 25.4 Å². The molecule has 0 saturated carbocycles. The first-order valence-corrected chi connectivity index (χ1v) is 12.0. The van der Waals surface area contributed by atoms with Crippen LogP contribution in [-0.2, 0) is 27.5 Å². The number of aromatic nitrogens is 1. The van der Waals surface area contributed by atoms with E-state index in [1.165, 1.54) is 24.3 Å². The van der Waals surface area contributed by atoms with Crippen molar-refractivity contribution in [3.63, 3.8) is 0 Å². The number of carbonyl (C=O) groups is 1. The third-order valence-electron chi connectivity index (χ3n) is 5.44. The van der Waals surface area contributed by atoms with Gasteiger partial charge in [0.25, 0.3) is 0 Å². The van der Waals surface area contributed by atoms with E-state index in [1.54, 1.807) is 24.3 Å². The molecule has 164 valence electrons. The monoisotopic (exact) mass is 451 g/mol. The normalized spacial score (nSPS) is 12.7. The van der Waals surface area contributed by atoms with Crippen LogP contribution in [0.3, 0.4) is 0 Å². The SMILES string of the molecule is Cc1cccc2oc(CC(=O)C(Cc3ccc(F)cc3)c3ccc(S(C)(=O)=O)cc3)nc12. The number of hydrogen-bond donors (Lipinski definition) is 0. The second kappa shape index (κ2) is 8.67. The number of halogens is 1. The Morgan fingerprint density at radius 3 is 2.34 bits per heavy atom. The molecule has 3 aromatic carbocycles. The lowest BCUT2D eigenvalue weighted by atomic mass is 9.87. The molecule has 32 heavy (non-hydrogen) atoms. The topological polar surface area (TPSA) is 77.2 Å². The highest BCUT2D eigenvalue weighted by atomic mass is 32.2. The fraction of sp³-hybridized carbons (Fsp3) is 0.200. The van der Waals surface area contributed by atoms with Crippen LogP contribution in [0.15, 0.2) is 76.0 Å². The van der Waals surface area contributed by atoms with Gasteiger partial charge in [-0.2, -0.15) is 0 Å². The molecule has 0 amide bonds. The summed E-state index contributed by atoms with van der Waals surface area (Å²) < 4.78 is 42.7. The number of rotatable bonds is 7. The highest BCUT2D eigenvalue weighted by Gasteiger charge is 2.24. The van der Waals surface area contributed by atoms with Crippen LogP contribution in [0, 0.1) is 12.7 Å². The Bertz CT molecular complexity index is 1370. The minimum absolute atomic E-state index is 0.00614. The van der Waals surface area contributed by atoms with Crippen molar-refractivity contribution < 1.29 is 22.0 Å². The fourth-order valence-corrected chi connectivity index (χ4v) is 4.33. The van der Waals surface area contributed by atoms with Crippen molar-refractivity contribution in [2.75, 3.05) is 6.26 Å². The van der Waals surface area contributed by atoms with Gasteiger partial charge in [-0.25, -0.2) is 17.8 Å². The van der Waals surface area contributed by atoms with E-state index < -0.39 is 15.8 Å². The second-order valence-electron chi connectivity index (χ2n) is 7.90. The molecule has 1 unspecified atom stereocenters. The van der Waals surface area contributed by atoms with Gasteiger partial charge in [0.1, 0.15) is 17.1 Å². The van der Waals surface area contributed by atoms with Gasteiger partial charge in [0.05, 0.1) is 11.3 Å². The van der Waals surface area contributed by atoms with Crippen molar-refractivity contribution >= 4 is 26.7 Å². The highest BCUT2D eigenvalue weighted by Crippen LogP contribution is 2.27. The number of carbonyl (C=O) groups excluding carboxylic acids is 1. The van der Waals surface area contributed by atoms with Gasteiger partial charge in [0.15, 0.2) is 15.4 Å². The van der Waals surface area contributed by atoms with E-state index in [4.69, 9.17) is 4.42 Å². The minimum Gasteiger partial charge on any atom is -0.440 e. The first kappa shape index (κ1) is 21.9. The van der Waals surface area contributed by atoms with Crippen molar-refractivity contribution in [2.45, 2.75) is 30.6 Å². The van der Waals surface area contributed by atoms with Crippen LogP contribution in [0.25, 0.3) is 11.1 Å². The Labute approximate surface area is 185 Å². The zero-order chi connectivity index (χ0) is 22.9. The summed E-state index contributed by atoms with van der Waals surface area (Å²) in [5, 5.41) is 0. The highest BCUT2D eigenvalue weighted by molar-refractivity contribution is 7.90. The Morgan fingerprint density at radius 2 is 1.72 bits per heavy atom. The van der Waals surface area contributed by atoms with Crippen LogP contribution in [0.1, 0.15) is 28.5 Å². The molecule has 4 aromatic rings. The van der Waals surface area contributed by atoms with Crippen LogP contribution in [0.2, 0.25) is 0 Å². The zero-order valence-corrected chi connectivity index (χ0v) is 18.5. The number of Topliss-reactive ketones (excluding diaryl/α,β-unsaturated/α-hetero) is 1. The number of nitrogens with zero attached hydrogens (tertiary/aromatic N) is 1. The lowest BCUT2D eigenvalue weighted by molar-refractivity contribution is -0.120. The summed E-state index contributed by atoms with van der Waals surface area (Å²) in [4.78, 5) is 18.0. The lowest BCUT2D eigenvalue weighted by Crippen LogP contribution is -2.18. The summed E-state index contributed by atoms with van der Waals surface area (Å²) in [6, 6.07) is 17.9. The molecule has 7 heteroatoms. The molecule has 0 saturated heterocycles. The first-order valence-electron chi connectivity index (χ1n) is 10.1. The molecular formula is C25H22FNO4S. The van der Waals surface area contributed by atoms with Crippen LogP contribution < -0.4 is 0 Å². The number of para-hydroxylation sites is 1. The summed E-state index contributed by atoms with van der Waals surface area (Å²) >= 11 is 0. The number of sulfone groups is 1. The lowest BCUT2D eigenvalue weighted by Gasteiger charge is -2.16. The van der Waals surface area contributed by atoms with E-state index in [1.807, 2.05) is 25.1 Å². The molecule has 0 radical (unpaired) electrons. The third-order valence-corrected chi connectivity index (χ3v) is 6.57. The molecule has 0 aliphatic rings. The Kier molecular flexibility index (Phi) is 5.93. The number of aryl methyl sites for hydroxylation is 1. The molecule has 0 N–H and O–H groups in total. The quantitative estimate of drug-likeness (QED) is 0.403. The molecule has 1 heterocycles. The summed E-state index contributed by atoms with van der Waals surface area (Å²) in [7, 11) is -3.35. The van der Waals surface area contributed by atoms with Crippen molar-refractivity contribution in [1.29, 1.82) is 0 Å². The fourth-order valence-electron chi connectivity index (χ4n) is 3.70. The van der Waals surface area contributed by atoms with E-state index in [2.05, 4.69) is 4.98 Å². The molecule has 0 aliphatic carbocycles. The predicted molar refractivity (Wildman–Crippen MR) is 120 cm³/mol. The Balaban J connectivity index is 1.66. The summed E-state index contributed by atoms with van der Waals surface area (Å²) in [6.07, 6.45) is 1.47. The van der Waals surface area contributed by atoms with E-state index in [0.29, 0.717) is 23.5 Å². The number of fused-ring (bicyclic) bond motifs is 1. The number of ketones is 1. The van der Waals surface area contributed by atoms with Crippen molar-refractivity contribution in [3.8, 4) is 0 Å². The average molecular weight is 452 g/mol. The molecule has 5 nitrogen and oxygen atoms in total. The van der Waals surface area contributed by atoms with Crippen molar-refractivity contribution in [2.24, 2.45) is 0 Å². The van der Waals surface area contributed by atoms with Crippen LogP contribution >= 0.6 is 0 Å². The van der Waals surface area contributed by atoms with Gasteiger partial charge < -0.3 is 4.42 Å². The molecule has 0 aliphatic heterocycles.